The average molecular weight is 220 g/mol. The summed E-state index contributed by atoms with van der Waals surface area (Å²) in [5.74, 6) is 0.997. The van der Waals surface area contributed by atoms with Gasteiger partial charge in [0, 0.05) is 6.42 Å². The summed E-state index contributed by atoms with van der Waals surface area (Å²) >= 11 is 0. The number of benzene rings is 1. The highest BCUT2D eigenvalue weighted by molar-refractivity contribution is 5.33. The van der Waals surface area contributed by atoms with Crippen LogP contribution in [0.25, 0.3) is 0 Å². The van der Waals surface area contributed by atoms with E-state index in [1.54, 1.807) is 0 Å². The molecule has 1 aliphatic heterocycles. The van der Waals surface area contributed by atoms with E-state index < -0.39 is 0 Å². The zero-order chi connectivity index (χ0) is 11.2. The standard InChI is InChI=1S/C14H20O2/c1-2-7-12-8-3-4-9-13(12)16-14-10-5-6-11-15-14/h3-4,8-9,14H,2,5-7,10-11H2,1H3. The van der Waals surface area contributed by atoms with Gasteiger partial charge in [-0.3, -0.25) is 0 Å². The van der Waals surface area contributed by atoms with Crippen LogP contribution in [0, 0.1) is 0 Å². The van der Waals surface area contributed by atoms with Crippen molar-refractivity contribution in [1.82, 2.24) is 0 Å². The third-order valence-corrected chi connectivity index (χ3v) is 2.89. The van der Waals surface area contributed by atoms with Crippen molar-refractivity contribution in [2.24, 2.45) is 0 Å². The maximum atomic E-state index is 5.92. The number of ether oxygens (including phenoxy) is 2. The third kappa shape index (κ3) is 2.99. The maximum Gasteiger partial charge on any atom is 0.199 e. The number of rotatable bonds is 4. The molecule has 0 N–H and O–H groups in total. The molecule has 1 fully saturated rings. The molecule has 2 nitrogen and oxygen atoms in total. The molecule has 0 amide bonds. The van der Waals surface area contributed by atoms with Crippen molar-refractivity contribution in [1.29, 1.82) is 0 Å². The molecule has 88 valence electrons. The predicted molar refractivity (Wildman–Crippen MR) is 64.7 cm³/mol. The first-order valence-corrected chi connectivity index (χ1v) is 6.26. The molecule has 1 atom stereocenters. The minimum atomic E-state index is -0.0354. The fraction of sp³-hybridized carbons (Fsp3) is 0.571. The Hall–Kier alpha value is -1.02. The smallest absolute Gasteiger partial charge is 0.199 e. The second-order valence-corrected chi connectivity index (χ2v) is 4.27. The fourth-order valence-corrected chi connectivity index (χ4v) is 2.04. The van der Waals surface area contributed by atoms with Gasteiger partial charge >= 0.3 is 0 Å². The molecule has 1 saturated heterocycles. The monoisotopic (exact) mass is 220 g/mol. The van der Waals surface area contributed by atoms with Gasteiger partial charge in [0.15, 0.2) is 6.29 Å². The van der Waals surface area contributed by atoms with Crippen molar-refractivity contribution in [2.45, 2.75) is 45.3 Å². The normalized spacial score (nSPS) is 20.7. The molecule has 2 heteroatoms. The lowest BCUT2D eigenvalue weighted by Gasteiger charge is -2.24. The number of aryl methyl sites for hydroxylation is 1. The zero-order valence-corrected chi connectivity index (χ0v) is 9.95. The van der Waals surface area contributed by atoms with E-state index in [-0.39, 0.29) is 6.29 Å². The van der Waals surface area contributed by atoms with Gasteiger partial charge in [-0.1, -0.05) is 31.5 Å². The van der Waals surface area contributed by atoms with Crippen molar-refractivity contribution in [3.63, 3.8) is 0 Å². The lowest BCUT2D eigenvalue weighted by molar-refractivity contribution is -0.106. The van der Waals surface area contributed by atoms with Crippen molar-refractivity contribution < 1.29 is 9.47 Å². The van der Waals surface area contributed by atoms with Gasteiger partial charge < -0.3 is 9.47 Å². The molecule has 0 aliphatic carbocycles. The van der Waals surface area contributed by atoms with Gasteiger partial charge in [-0.2, -0.15) is 0 Å². The Kier molecular flexibility index (Phi) is 4.23. The van der Waals surface area contributed by atoms with E-state index >= 15 is 0 Å². The zero-order valence-electron chi connectivity index (χ0n) is 9.95. The Morgan fingerprint density at radius 2 is 2.19 bits per heavy atom. The van der Waals surface area contributed by atoms with Crippen molar-refractivity contribution in [3.8, 4) is 5.75 Å². The van der Waals surface area contributed by atoms with Crippen LogP contribution in [0.1, 0.15) is 38.2 Å². The van der Waals surface area contributed by atoms with E-state index in [0.717, 1.165) is 38.0 Å². The second kappa shape index (κ2) is 5.90. The van der Waals surface area contributed by atoms with Crippen LogP contribution in [0.15, 0.2) is 24.3 Å². The van der Waals surface area contributed by atoms with E-state index in [0.29, 0.717) is 0 Å². The third-order valence-electron chi connectivity index (χ3n) is 2.89. The van der Waals surface area contributed by atoms with Crippen LogP contribution in [0.3, 0.4) is 0 Å². The Balaban J connectivity index is 2.01. The molecule has 0 spiro atoms. The average Bonchev–Trinajstić information content (AvgIpc) is 2.33. The Bertz CT molecular complexity index is 316. The van der Waals surface area contributed by atoms with Gasteiger partial charge in [0.05, 0.1) is 6.61 Å². The summed E-state index contributed by atoms with van der Waals surface area (Å²) in [7, 11) is 0. The van der Waals surface area contributed by atoms with Gasteiger partial charge in [-0.25, -0.2) is 0 Å². The number of para-hydroxylation sites is 1. The first kappa shape index (κ1) is 11.5. The fourth-order valence-electron chi connectivity index (χ4n) is 2.04. The van der Waals surface area contributed by atoms with Crippen LogP contribution >= 0.6 is 0 Å². The SMILES string of the molecule is CCCc1ccccc1OC1CCCCO1. The van der Waals surface area contributed by atoms with Crippen LogP contribution < -0.4 is 4.74 Å². The van der Waals surface area contributed by atoms with Gasteiger partial charge in [-0.05, 0) is 30.9 Å². The van der Waals surface area contributed by atoms with Crippen molar-refractivity contribution >= 4 is 0 Å². The molecule has 1 aromatic carbocycles. The van der Waals surface area contributed by atoms with E-state index in [1.165, 1.54) is 12.0 Å². The molecule has 2 rings (SSSR count). The lowest BCUT2D eigenvalue weighted by Crippen LogP contribution is -2.25. The highest BCUT2D eigenvalue weighted by atomic mass is 16.7. The summed E-state index contributed by atoms with van der Waals surface area (Å²) in [4.78, 5) is 0. The first-order valence-electron chi connectivity index (χ1n) is 6.26. The maximum absolute atomic E-state index is 5.92. The summed E-state index contributed by atoms with van der Waals surface area (Å²) in [5, 5.41) is 0. The molecule has 0 saturated carbocycles. The molecular weight excluding hydrogens is 200 g/mol. The summed E-state index contributed by atoms with van der Waals surface area (Å²) < 4.78 is 11.5. The minimum Gasteiger partial charge on any atom is -0.465 e. The first-order chi connectivity index (χ1) is 7.90. The summed E-state index contributed by atoms with van der Waals surface area (Å²) in [6.45, 7) is 3.02. The van der Waals surface area contributed by atoms with Crippen LogP contribution in [-0.2, 0) is 11.2 Å². The van der Waals surface area contributed by atoms with Gasteiger partial charge in [0.25, 0.3) is 0 Å². The summed E-state index contributed by atoms with van der Waals surface area (Å²) in [5.41, 5.74) is 1.29. The molecule has 1 aromatic rings. The quantitative estimate of drug-likeness (QED) is 0.772. The van der Waals surface area contributed by atoms with Gasteiger partial charge in [-0.15, -0.1) is 0 Å². The van der Waals surface area contributed by atoms with Crippen LogP contribution in [0.4, 0.5) is 0 Å². The molecule has 0 aromatic heterocycles. The summed E-state index contributed by atoms with van der Waals surface area (Å²) in [6, 6.07) is 8.28. The van der Waals surface area contributed by atoms with Crippen LogP contribution in [0.2, 0.25) is 0 Å². The van der Waals surface area contributed by atoms with Crippen molar-refractivity contribution in [3.05, 3.63) is 29.8 Å². The minimum absolute atomic E-state index is 0.0354. The molecule has 0 bridgehead atoms. The van der Waals surface area contributed by atoms with Crippen LogP contribution in [0.5, 0.6) is 5.75 Å². The Morgan fingerprint density at radius 1 is 1.31 bits per heavy atom. The second-order valence-electron chi connectivity index (χ2n) is 4.27. The predicted octanol–water partition coefficient (Wildman–Crippen LogP) is 3.54. The molecule has 16 heavy (non-hydrogen) atoms. The van der Waals surface area contributed by atoms with Crippen LogP contribution in [-0.4, -0.2) is 12.9 Å². The molecule has 0 radical (unpaired) electrons. The number of hydrogen-bond donors (Lipinski definition) is 0. The van der Waals surface area contributed by atoms with Gasteiger partial charge in [0.2, 0.25) is 0 Å². The highest BCUT2D eigenvalue weighted by Gasteiger charge is 2.16. The van der Waals surface area contributed by atoms with Gasteiger partial charge in [0.1, 0.15) is 5.75 Å². The Labute approximate surface area is 97.6 Å². The lowest BCUT2D eigenvalue weighted by atomic mass is 10.1. The van der Waals surface area contributed by atoms with E-state index in [2.05, 4.69) is 19.1 Å². The van der Waals surface area contributed by atoms with E-state index in [1.807, 2.05) is 12.1 Å². The molecule has 1 unspecified atom stereocenters. The largest absolute Gasteiger partial charge is 0.465 e. The van der Waals surface area contributed by atoms with E-state index in [4.69, 9.17) is 9.47 Å². The Morgan fingerprint density at radius 3 is 2.94 bits per heavy atom. The molecular formula is C14H20O2. The van der Waals surface area contributed by atoms with E-state index in [9.17, 15) is 0 Å². The summed E-state index contributed by atoms with van der Waals surface area (Å²) in [6.07, 6.45) is 5.57. The topological polar surface area (TPSA) is 18.5 Å². The molecule has 1 heterocycles. The molecule has 1 aliphatic rings. The van der Waals surface area contributed by atoms with Crippen molar-refractivity contribution in [2.75, 3.05) is 6.61 Å². The number of hydrogen-bond acceptors (Lipinski definition) is 2. The highest BCUT2D eigenvalue weighted by Crippen LogP contribution is 2.23.